The van der Waals surface area contributed by atoms with E-state index in [4.69, 9.17) is 4.74 Å². The molecule has 0 radical (unpaired) electrons. The van der Waals surface area contributed by atoms with Crippen LogP contribution in [0, 0.1) is 0 Å². The number of amides is 2. The van der Waals surface area contributed by atoms with Crippen LogP contribution in [-0.2, 0) is 0 Å². The van der Waals surface area contributed by atoms with Gasteiger partial charge in [0.05, 0.1) is 6.54 Å². The van der Waals surface area contributed by atoms with Gasteiger partial charge in [-0.25, -0.2) is 4.79 Å². The second-order valence-corrected chi connectivity index (χ2v) is 4.94. The van der Waals surface area contributed by atoms with Crippen LogP contribution < -0.4 is 15.4 Å². The first-order valence-electron chi connectivity index (χ1n) is 7.31. The molecule has 0 aliphatic carbocycles. The Hall–Kier alpha value is -2.70. The lowest BCUT2D eigenvalue weighted by atomic mass is 10.1. The molecule has 0 spiro atoms. The molecule has 0 saturated carbocycles. The first-order chi connectivity index (χ1) is 11.5. The number of nitrogens with one attached hydrogen (secondary N) is 2. The summed E-state index contributed by atoms with van der Waals surface area (Å²) in [4.78, 5) is 11.2. The van der Waals surface area contributed by atoms with Crippen molar-refractivity contribution < 1.29 is 22.7 Å². The Bertz CT molecular complexity index is 660. The number of alkyl halides is 3. The van der Waals surface area contributed by atoms with E-state index < -0.39 is 18.8 Å². The molecule has 4 nitrogen and oxygen atoms in total. The molecule has 0 aromatic heterocycles. The molecule has 2 N–H and O–H groups in total. The summed E-state index contributed by atoms with van der Waals surface area (Å²) in [5, 5.41) is 4.04. The largest absolute Gasteiger partial charge is 0.491 e. The molecule has 0 aliphatic heterocycles. The molecule has 2 aromatic rings. The van der Waals surface area contributed by atoms with Gasteiger partial charge in [-0.1, -0.05) is 48.5 Å². The molecule has 0 heterocycles. The number of carbonyl (C=O) groups is 1. The lowest BCUT2D eigenvalue weighted by Gasteiger charge is -2.13. The molecule has 0 aliphatic rings. The zero-order chi connectivity index (χ0) is 17.4. The highest BCUT2D eigenvalue weighted by molar-refractivity contribution is 5.73. The molecule has 128 valence electrons. The molecule has 7 heteroatoms. The predicted octanol–water partition coefficient (Wildman–Crippen LogP) is 3.59. The zero-order valence-electron chi connectivity index (χ0n) is 12.8. The van der Waals surface area contributed by atoms with E-state index in [9.17, 15) is 18.0 Å². The van der Waals surface area contributed by atoms with E-state index in [2.05, 4.69) is 5.32 Å². The Labute approximate surface area is 137 Å². The third-order valence-corrected chi connectivity index (χ3v) is 3.07. The summed E-state index contributed by atoms with van der Waals surface area (Å²) < 4.78 is 41.5. The molecular weight excluding hydrogens is 321 g/mol. The molecule has 0 unspecified atom stereocenters. The first-order valence-corrected chi connectivity index (χ1v) is 7.31. The fourth-order valence-electron chi connectivity index (χ4n) is 2.02. The fraction of sp³-hybridized carbons (Fsp3) is 0.235. The van der Waals surface area contributed by atoms with Crippen LogP contribution in [0.1, 0.15) is 0 Å². The van der Waals surface area contributed by atoms with Gasteiger partial charge < -0.3 is 15.4 Å². The van der Waals surface area contributed by atoms with Crippen molar-refractivity contribution in [3.63, 3.8) is 0 Å². The molecule has 2 amide bonds. The zero-order valence-corrected chi connectivity index (χ0v) is 12.8. The monoisotopic (exact) mass is 338 g/mol. The SMILES string of the molecule is O=C(NCCOc1ccccc1-c1ccccc1)NCC(F)(F)F. The van der Waals surface area contributed by atoms with Crippen LogP contribution in [0.4, 0.5) is 18.0 Å². The third-order valence-electron chi connectivity index (χ3n) is 3.07. The minimum Gasteiger partial charge on any atom is -0.491 e. The second-order valence-electron chi connectivity index (χ2n) is 4.94. The topological polar surface area (TPSA) is 50.4 Å². The van der Waals surface area contributed by atoms with Gasteiger partial charge in [0.2, 0.25) is 0 Å². The van der Waals surface area contributed by atoms with Gasteiger partial charge in [-0.05, 0) is 11.6 Å². The van der Waals surface area contributed by atoms with Gasteiger partial charge in [-0.15, -0.1) is 0 Å². The number of halogens is 3. The third kappa shape index (κ3) is 5.83. The van der Waals surface area contributed by atoms with Gasteiger partial charge >= 0.3 is 12.2 Å². The summed E-state index contributed by atoms with van der Waals surface area (Å²) in [5.41, 5.74) is 1.89. The number of ether oxygens (including phenoxy) is 1. The molecule has 0 atom stereocenters. The molecular formula is C17H17F3N2O2. The Morgan fingerprint density at radius 3 is 2.33 bits per heavy atom. The summed E-state index contributed by atoms with van der Waals surface area (Å²) in [6.45, 7) is -1.13. The summed E-state index contributed by atoms with van der Waals surface area (Å²) in [6.07, 6.45) is -4.43. The lowest BCUT2D eigenvalue weighted by Crippen LogP contribution is -2.42. The van der Waals surface area contributed by atoms with Gasteiger partial charge in [0.25, 0.3) is 0 Å². The van der Waals surface area contributed by atoms with E-state index in [1.165, 1.54) is 0 Å². The Morgan fingerprint density at radius 1 is 0.958 bits per heavy atom. The van der Waals surface area contributed by atoms with Crippen molar-refractivity contribution in [2.24, 2.45) is 0 Å². The Balaban J connectivity index is 1.82. The highest BCUT2D eigenvalue weighted by Crippen LogP contribution is 2.29. The van der Waals surface area contributed by atoms with Crippen LogP contribution in [0.5, 0.6) is 5.75 Å². The van der Waals surface area contributed by atoms with E-state index in [0.717, 1.165) is 11.1 Å². The van der Waals surface area contributed by atoms with Crippen LogP contribution in [0.2, 0.25) is 0 Å². The molecule has 0 fully saturated rings. The number of carbonyl (C=O) groups excluding carboxylic acids is 1. The van der Waals surface area contributed by atoms with Crippen molar-refractivity contribution in [3.8, 4) is 16.9 Å². The minimum absolute atomic E-state index is 0.0901. The van der Waals surface area contributed by atoms with Gasteiger partial charge in [-0.3, -0.25) is 0 Å². The van der Waals surface area contributed by atoms with E-state index in [1.54, 1.807) is 11.4 Å². The summed E-state index contributed by atoms with van der Waals surface area (Å²) in [5.74, 6) is 0.640. The fourth-order valence-corrected chi connectivity index (χ4v) is 2.02. The smallest absolute Gasteiger partial charge is 0.405 e. The average molecular weight is 338 g/mol. The number of hydrogen-bond acceptors (Lipinski definition) is 2. The molecule has 0 bridgehead atoms. The van der Waals surface area contributed by atoms with Crippen molar-refractivity contribution in [3.05, 3.63) is 54.6 Å². The Kier molecular flexibility index (Phi) is 6.06. The second kappa shape index (κ2) is 8.24. The maximum atomic E-state index is 12.0. The van der Waals surface area contributed by atoms with E-state index >= 15 is 0 Å². The van der Waals surface area contributed by atoms with Crippen molar-refractivity contribution in [2.45, 2.75) is 6.18 Å². The molecule has 24 heavy (non-hydrogen) atoms. The standard InChI is InChI=1S/C17H17F3N2O2/c18-17(19,20)12-22-16(23)21-10-11-24-15-9-5-4-8-14(15)13-6-2-1-3-7-13/h1-9H,10-12H2,(H2,21,22,23). The average Bonchev–Trinajstić information content (AvgIpc) is 2.57. The maximum Gasteiger partial charge on any atom is 0.405 e. The van der Waals surface area contributed by atoms with Crippen LogP contribution in [0.25, 0.3) is 11.1 Å². The van der Waals surface area contributed by atoms with Crippen molar-refractivity contribution >= 4 is 6.03 Å². The highest BCUT2D eigenvalue weighted by Gasteiger charge is 2.27. The number of rotatable bonds is 6. The summed E-state index contributed by atoms with van der Waals surface area (Å²) in [7, 11) is 0. The highest BCUT2D eigenvalue weighted by atomic mass is 19.4. The van der Waals surface area contributed by atoms with Crippen LogP contribution >= 0.6 is 0 Å². The first kappa shape index (κ1) is 17.7. The minimum atomic E-state index is -4.43. The van der Waals surface area contributed by atoms with Crippen molar-refractivity contribution in [1.82, 2.24) is 10.6 Å². The Morgan fingerprint density at radius 2 is 1.62 bits per heavy atom. The number of benzene rings is 2. The van der Waals surface area contributed by atoms with Gasteiger partial charge in [0.15, 0.2) is 0 Å². The number of hydrogen-bond donors (Lipinski definition) is 2. The maximum absolute atomic E-state index is 12.0. The number of para-hydroxylation sites is 1. The van der Waals surface area contributed by atoms with Crippen molar-refractivity contribution in [1.29, 1.82) is 0 Å². The van der Waals surface area contributed by atoms with Gasteiger partial charge in [-0.2, -0.15) is 13.2 Å². The van der Waals surface area contributed by atoms with Gasteiger partial charge in [0, 0.05) is 5.56 Å². The number of urea groups is 1. The van der Waals surface area contributed by atoms with E-state index in [1.807, 2.05) is 48.5 Å². The van der Waals surface area contributed by atoms with Crippen LogP contribution in [0.3, 0.4) is 0 Å². The summed E-state index contributed by atoms with van der Waals surface area (Å²) in [6, 6.07) is 16.2. The molecule has 2 aromatic carbocycles. The molecule has 2 rings (SSSR count). The molecule has 0 saturated heterocycles. The van der Waals surface area contributed by atoms with Crippen LogP contribution in [-0.4, -0.2) is 31.9 Å². The summed E-state index contributed by atoms with van der Waals surface area (Å²) >= 11 is 0. The van der Waals surface area contributed by atoms with Crippen LogP contribution in [0.15, 0.2) is 54.6 Å². The predicted molar refractivity (Wildman–Crippen MR) is 84.8 cm³/mol. The van der Waals surface area contributed by atoms with Crippen molar-refractivity contribution in [2.75, 3.05) is 19.7 Å². The normalized spacial score (nSPS) is 11.0. The van der Waals surface area contributed by atoms with Gasteiger partial charge in [0.1, 0.15) is 18.9 Å². The van der Waals surface area contributed by atoms with E-state index in [0.29, 0.717) is 5.75 Å². The van der Waals surface area contributed by atoms with E-state index in [-0.39, 0.29) is 13.2 Å². The lowest BCUT2D eigenvalue weighted by molar-refractivity contribution is -0.122. The quantitative estimate of drug-likeness (QED) is 0.791.